The average molecular weight is 260 g/mol. The predicted octanol–water partition coefficient (Wildman–Crippen LogP) is 1.95. The van der Waals surface area contributed by atoms with Crippen LogP contribution in [0.5, 0.6) is 0 Å². The monoisotopic (exact) mass is 260 g/mol. The van der Waals surface area contributed by atoms with E-state index < -0.39 is 0 Å². The minimum absolute atomic E-state index is 0.0384. The zero-order chi connectivity index (χ0) is 13.2. The zero-order valence-electron chi connectivity index (χ0n) is 11.2. The van der Waals surface area contributed by atoms with Gasteiger partial charge in [0.25, 0.3) is 5.91 Å². The summed E-state index contributed by atoms with van der Waals surface area (Å²) < 4.78 is 5.33. The van der Waals surface area contributed by atoms with Gasteiger partial charge in [0.15, 0.2) is 0 Å². The number of fused-ring (bicyclic) bond motifs is 1. The van der Waals surface area contributed by atoms with Crippen LogP contribution in [-0.4, -0.2) is 31.7 Å². The third-order valence-corrected chi connectivity index (χ3v) is 4.13. The first-order valence-electron chi connectivity index (χ1n) is 6.96. The van der Waals surface area contributed by atoms with Crippen molar-refractivity contribution < 1.29 is 9.53 Å². The largest absolute Gasteiger partial charge is 0.384 e. The standard InChI is InChI=1S/C15H20N2O2/c1-19-13-4-3-12(9-13)17-15(18)11-2-5-14-10(8-11)6-7-16-14/h2,5,8,12-13,16H,3-4,6-7,9H2,1H3,(H,17,18). The first-order valence-corrected chi connectivity index (χ1v) is 6.96. The van der Waals surface area contributed by atoms with Crippen LogP contribution >= 0.6 is 0 Å². The topological polar surface area (TPSA) is 50.4 Å². The molecule has 1 amide bonds. The normalized spacial score (nSPS) is 24.9. The minimum Gasteiger partial charge on any atom is -0.384 e. The highest BCUT2D eigenvalue weighted by atomic mass is 16.5. The summed E-state index contributed by atoms with van der Waals surface area (Å²) in [6, 6.07) is 6.16. The van der Waals surface area contributed by atoms with Crippen molar-refractivity contribution >= 4 is 11.6 Å². The summed E-state index contributed by atoms with van der Waals surface area (Å²) in [4.78, 5) is 12.2. The Morgan fingerprint density at radius 3 is 3.11 bits per heavy atom. The molecule has 4 heteroatoms. The lowest BCUT2D eigenvalue weighted by Crippen LogP contribution is -2.33. The van der Waals surface area contributed by atoms with Gasteiger partial charge >= 0.3 is 0 Å². The summed E-state index contributed by atoms with van der Waals surface area (Å²) in [5, 5.41) is 6.42. The number of benzene rings is 1. The number of anilines is 1. The fourth-order valence-corrected chi connectivity index (χ4v) is 3.00. The van der Waals surface area contributed by atoms with E-state index in [9.17, 15) is 4.79 Å². The van der Waals surface area contributed by atoms with Crippen LogP contribution in [0.2, 0.25) is 0 Å². The molecule has 2 unspecified atom stereocenters. The first-order chi connectivity index (χ1) is 9.26. The van der Waals surface area contributed by atoms with Gasteiger partial charge in [-0.05, 0) is 49.4 Å². The quantitative estimate of drug-likeness (QED) is 0.873. The maximum absolute atomic E-state index is 12.2. The fraction of sp³-hybridized carbons (Fsp3) is 0.533. The van der Waals surface area contributed by atoms with Crippen molar-refractivity contribution in [1.82, 2.24) is 5.32 Å². The second-order valence-electron chi connectivity index (χ2n) is 5.39. The highest BCUT2D eigenvalue weighted by Crippen LogP contribution is 2.24. The lowest BCUT2D eigenvalue weighted by Gasteiger charge is -2.13. The third-order valence-electron chi connectivity index (χ3n) is 4.13. The number of methoxy groups -OCH3 is 1. The number of hydrogen-bond donors (Lipinski definition) is 2. The molecule has 4 nitrogen and oxygen atoms in total. The van der Waals surface area contributed by atoms with Crippen molar-refractivity contribution in [3.8, 4) is 0 Å². The number of ether oxygens (including phenoxy) is 1. The molecule has 1 fully saturated rings. The summed E-state index contributed by atoms with van der Waals surface area (Å²) >= 11 is 0. The molecule has 1 aliphatic heterocycles. The van der Waals surface area contributed by atoms with Gasteiger partial charge in [-0.25, -0.2) is 0 Å². The molecule has 0 radical (unpaired) electrons. The Bertz CT molecular complexity index is 487. The Morgan fingerprint density at radius 1 is 1.42 bits per heavy atom. The molecular weight excluding hydrogens is 240 g/mol. The van der Waals surface area contributed by atoms with Crippen LogP contribution in [0.25, 0.3) is 0 Å². The lowest BCUT2D eigenvalue weighted by atomic mass is 10.1. The smallest absolute Gasteiger partial charge is 0.251 e. The van der Waals surface area contributed by atoms with Gasteiger partial charge < -0.3 is 15.4 Å². The van der Waals surface area contributed by atoms with Gasteiger partial charge in [-0.2, -0.15) is 0 Å². The number of nitrogens with one attached hydrogen (secondary N) is 2. The van der Waals surface area contributed by atoms with E-state index in [0.29, 0.717) is 6.10 Å². The average Bonchev–Trinajstić information content (AvgIpc) is 3.05. The molecule has 19 heavy (non-hydrogen) atoms. The van der Waals surface area contributed by atoms with Gasteiger partial charge in [0.2, 0.25) is 0 Å². The molecule has 1 heterocycles. The van der Waals surface area contributed by atoms with Crippen molar-refractivity contribution in [1.29, 1.82) is 0 Å². The minimum atomic E-state index is 0.0384. The van der Waals surface area contributed by atoms with Crippen LogP contribution in [0, 0.1) is 0 Å². The number of carbonyl (C=O) groups is 1. The molecule has 0 bridgehead atoms. The molecule has 0 spiro atoms. The molecule has 2 N–H and O–H groups in total. The third kappa shape index (κ3) is 2.59. The number of rotatable bonds is 3. The Balaban J connectivity index is 1.64. The van der Waals surface area contributed by atoms with Crippen LogP contribution in [-0.2, 0) is 11.2 Å². The van der Waals surface area contributed by atoms with Crippen molar-refractivity contribution in [3.63, 3.8) is 0 Å². The Kier molecular flexibility index (Phi) is 3.42. The van der Waals surface area contributed by atoms with Crippen molar-refractivity contribution in [2.24, 2.45) is 0 Å². The SMILES string of the molecule is COC1CCC(NC(=O)c2ccc3c(c2)CCN3)C1. The lowest BCUT2D eigenvalue weighted by molar-refractivity contribution is 0.0915. The molecule has 2 atom stereocenters. The van der Waals surface area contributed by atoms with Gasteiger partial charge in [0.1, 0.15) is 0 Å². The number of carbonyl (C=O) groups excluding carboxylic acids is 1. The second-order valence-corrected chi connectivity index (χ2v) is 5.39. The van der Waals surface area contributed by atoms with Gasteiger partial charge in [0.05, 0.1) is 6.10 Å². The Morgan fingerprint density at radius 2 is 2.32 bits per heavy atom. The molecule has 1 aliphatic carbocycles. The van der Waals surface area contributed by atoms with Gasteiger partial charge in [-0.1, -0.05) is 0 Å². The zero-order valence-corrected chi connectivity index (χ0v) is 11.2. The molecule has 1 aromatic carbocycles. The summed E-state index contributed by atoms with van der Waals surface area (Å²) in [5.74, 6) is 0.0384. The van der Waals surface area contributed by atoms with Gasteiger partial charge in [-0.3, -0.25) is 4.79 Å². The molecule has 1 saturated carbocycles. The van der Waals surface area contributed by atoms with E-state index in [-0.39, 0.29) is 11.9 Å². The van der Waals surface area contributed by atoms with Crippen LogP contribution in [0.4, 0.5) is 5.69 Å². The van der Waals surface area contributed by atoms with E-state index in [1.54, 1.807) is 7.11 Å². The van der Waals surface area contributed by atoms with Crippen molar-refractivity contribution in [2.45, 2.75) is 37.8 Å². The maximum atomic E-state index is 12.2. The molecule has 0 saturated heterocycles. The van der Waals surface area contributed by atoms with Crippen LogP contribution < -0.4 is 10.6 Å². The maximum Gasteiger partial charge on any atom is 0.251 e. The number of hydrogen-bond acceptors (Lipinski definition) is 3. The van der Waals surface area contributed by atoms with E-state index in [1.807, 2.05) is 18.2 Å². The van der Waals surface area contributed by atoms with E-state index in [4.69, 9.17) is 4.74 Å². The van der Waals surface area contributed by atoms with E-state index in [2.05, 4.69) is 10.6 Å². The van der Waals surface area contributed by atoms with Crippen LogP contribution in [0.15, 0.2) is 18.2 Å². The fourth-order valence-electron chi connectivity index (χ4n) is 3.00. The second kappa shape index (κ2) is 5.21. The van der Waals surface area contributed by atoms with E-state index in [0.717, 1.165) is 43.5 Å². The molecule has 1 aromatic rings. The summed E-state index contributed by atoms with van der Waals surface area (Å²) in [6.45, 7) is 0.971. The van der Waals surface area contributed by atoms with Gasteiger partial charge in [0, 0.05) is 30.9 Å². The summed E-state index contributed by atoms with van der Waals surface area (Å²) in [5.41, 5.74) is 3.18. The van der Waals surface area contributed by atoms with Crippen molar-refractivity contribution in [2.75, 3.05) is 19.0 Å². The number of amides is 1. The molecule has 3 rings (SSSR count). The first kappa shape index (κ1) is 12.5. The summed E-state index contributed by atoms with van der Waals surface area (Å²) in [6.07, 6.45) is 4.28. The Labute approximate surface area is 113 Å². The summed E-state index contributed by atoms with van der Waals surface area (Å²) in [7, 11) is 1.74. The highest BCUT2D eigenvalue weighted by molar-refractivity contribution is 5.95. The van der Waals surface area contributed by atoms with Crippen LogP contribution in [0.1, 0.15) is 35.2 Å². The van der Waals surface area contributed by atoms with Crippen LogP contribution in [0.3, 0.4) is 0 Å². The van der Waals surface area contributed by atoms with E-state index >= 15 is 0 Å². The predicted molar refractivity (Wildman–Crippen MR) is 74.5 cm³/mol. The van der Waals surface area contributed by atoms with E-state index in [1.165, 1.54) is 5.56 Å². The van der Waals surface area contributed by atoms with Crippen molar-refractivity contribution in [3.05, 3.63) is 29.3 Å². The van der Waals surface area contributed by atoms with Gasteiger partial charge in [-0.15, -0.1) is 0 Å². The molecule has 2 aliphatic rings. The molecule has 102 valence electrons. The molecular formula is C15H20N2O2. The Hall–Kier alpha value is -1.55. The molecule has 0 aromatic heterocycles. The highest BCUT2D eigenvalue weighted by Gasteiger charge is 2.26.